The number of hydrogen-bond acceptors (Lipinski definition) is 7. The van der Waals surface area contributed by atoms with Crippen LogP contribution < -0.4 is 10.2 Å². The molecule has 0 fully saturated rings. The maximum atomic E-state index is 12.9. The number of carboxylic acids is 1. The van der Waals surface area contributed by atoms with Gasteiger partial charge in [-0.05, 0) is 42.8 Å². The van der Waals surface area contributed by atoms with Gasteiger partial charge in [-0.3, -0.25) is 9.36 Å². The third kappa shape index (κ3) is 4.44. The summed E-state index contributed by atoms with van der Waals surface area (Å²) < 4.78 is 1.64. The monoisotopic (exact) mass is 453 g/mol. The standard InChI is InChI=1S/C21H19N5O3S2/c27-18(22-14-6-4-8-16(12-14)26-20(30)23-24-21(26)31)13-5-3-7-15(11-13)25-10-2-1-9-17(25)19(28)29/h1-8,11-12,17H,9-10H2,(H,22,27)(H,23,30)(H,24,31)(H,28,29). The van der Waals surface area contributed by atoms with Crippen molar-refractivity contribution in [3.05, 3.63) is 66.2 Å². The van der Waals surface area contributed by atoms with Crippen molar-refractivity contribution in [2.45, 2.75) is 22.8 Å². The molecular weight excluding hydrogens is 434 g/mol. The third-order valence-corrected chi connectivity index (χ3v) is 5.50. The highest BCUT2D eigenvalue weighted by Crippen LogP contribution is 2.25. The van der Waals surface area contributed by atoms with Gasteiger partial charge in [0.2, 0.25) is 0 Å². The predicted molar refractivity (Wildman–Crippen MR) is 123 cm³/mol. The lowest BCUT2D eigenvalue weighted by atomic mass is 10.1. The van der Waals surface area contributed by atoms with E-state index in [1.807, 2.05) is 18.2 Å². The molecule has 0 radical (unpaired) electrons. The Balaban J connectivity index is 1.56. The van der Waals surface area contributed by atoms with Gasteiger partial charge in [0.15, 0.2) is 10.3 Å². The lowest BCUT2D eigenvalue weighted by Crippen LogP contribution is -2.43. The van der Waals surface area contributed by atoms with E-state index in [-0.39, 0.29) is 5.91 Å². The molecule has 2 N–H and O–H groups in total. The van der Waals surface area contributed by atoms with E-state index in [1.165, 1.54) is 0 Å². The summed E-state index contributed by atoms with van der Waals surface area (Å²) in [6.45, 7) is 0.473. The quantitative estimate of drug-likeness (QED) is 0.349. The van der Waals surface area contributed by atoms with E-state index < -0.39 is 12.0 Å². The van der Waals surface area contributed by atoms with Gasteiger partial charge in [-0.15, -0.1) is 35.5 Å². The summed E-state index contributed by atoms with van der Waals surface area (Å²) in [6.07, 6.45) is 4.21. The summed E-state index contributed by atoms with van der Waals surface area (Å²) in [6, 6.07) is 13.4. The Morgan fingerprint density at radius 2 is 1.71 bits per heavy atom. The zero-order valence-electron chi connectivity index (χ0n) is 16.2. The molecule has 1 aliphatic rings. The largest absolute Gasteiger partial charge is 0.480 e. The summed E-state index contributed by atoms with van der Waals surface area (Å²) in [5.41, 5.74) is 2.39. The van der Waals surface area contributed by atoms with Crippen molar-refractivity contribution in [3.8, 4) is 5.69 Å². The van der Waals surface area contributed by atoms with Crippen LogP contribution in [0.4, 0.5) is 11.4 Å². The number of aromatic nitrogens is 3. The van der Waals surface area contributed by atoms with Gasteiger partial charge in [-0.25, -0.2) is 4.79 Å². The SMILES string of the molecule is O=C(Nc1cccc(-n2c(S)nnc2S)c1)c1cccc(N2CC=CCC2C(=O)O)c1. The van der Waals surface area contributed by atoms with Gasteiger partial charge >= 0.3 is 5.97 Å². The first-order valence-electron chi connectivity index (χ1n) is 9.43. The van der Waals surface area contributed by atoms with Crippen LogP contribution >= 0.6 is 25.3 Å². The molecule has 1 aliphatic heterocycles. The van der Waals surface area contributed by atoms with Gasteiger partial charge < -0.3 is 15.3 Å². The number of rotatable bonds is 5. The van der Waals surface area contributed by atoms with E-state index in [1.54, 1.807) is 51.9 Å². The number of carboxylic acid groups (broad SMARTS) is 1. The Morgan fingerprint density at radius 1 is 1.00 bits per heavy atom. The summed E-state index contributed by atoms with van der Waals surface area (Å²) in [5.74, 6) is -1.20. The Labute approximate surface area is 189 Å². The van der Waals surface area contributed by atoms with Gasteiger partial charge in [0.25, 0.3) is 5.91 Å². The highest BCUT2D eigenvalue weighted by molar-refractivity contribution is 7.80. The van der Waals surface area contributed by atoms with Gasteiger partial charge in [0.05, 0.1) is 5.69 Å². The molecule has 1 amide bonds. The van der Waals surface area contributed by atoms with Crippen LogP contribution in [0.1, 0.15) is 16.8 Å². The fraction of sp³-hybridized carbons (Fsp3) is 0.143. The zero-order valence-corrected chi connectivity index (χ0v) is 18.0. The van der Waals surface area contributed by atoms with Crippen LogP contribution in [0.5, 0.6) is 0 Å². The van der Waals surface area contributed by atoms with Crippen LogP contribution in [-0.2, 0) is 4.79 Å². The van der Waals surface area contributed by atoms with E-state index in [0.29, 0.717) is 45.9 Å². The maximum Gasteiger partial charge on any atom is 0.326 e. The lowest BCUT2D eigenvalue weighted by Gasteiger charge is -2.32. The molecule has 31 heavy (non-hydrogen) atoms. The number of nitrogens with zero attached hydrogens (tertiary/aromatic N) is 4. The molecule has 2 heterocycles. The van der Waals surface area contributed by atoms with Gasteiger partial charge in [-0.1, -0.05) is 24.3 Å². The minimum atomic E-state index is -0.892. The fourth-order valence-electron chi connectivity index (χ4n) is 3.44. The smallest absolute Gasteiger partial charge is 0.326 e. The van der Waals surface area contributed by atoms with E-state index in [9.17, 15) is 14.7 Å². The molecule has 3 aromatic rings. The molecule has 0 saturated carbocycles. The first-order chi connectivity index (χ1) is 14.9. The van der Waals surface area contributed by atoms with E-state index in [4.69, 9.17) is 0 Å². The van der Waals surface area contributed by atoms with Crippen molar-refractivity contribution >= 4 is 48.5 Å². The van der Waals surface area contributed by atoms with Gasteiger partial charge in [0.1, 0.15) is 6.04 Å². The molecular formula is C21H19N5O3S2. The van der Waals surface area contributed by atoms with E-state index >= 15 is 0 Å². The van der Waals surface area contributed by atoms with Gasteiger partial charge in [0, 0.05) is 23.5 Å². The first-order valence-corrected chi connectivity index (χ1v) is 10.3. The molecule has 158 valence electrons. The van der Waals surface area contributed by atoms with Crippen LogP contribution in [0, 0.1) is 0 Å². The molecule has 0 spiro atoms. The number of thiol groups is 2. The Hall–Kier alpha value is -3.24. The van der Waals surface area contributed by atoms with Crippen LogP contribution in [-0.4, -0.2) is 44.3 Å². The van der Waals surface area contributed by atoms with Crippen LogP contribution in [0.3, 0.4) is 0 Å². The number of carbonyl (C=O) groups is 2. The molecule has 1 unspecified atom stereocenters. The van der Waals surface area contributed by atoms with Crippen LogP contribution in [0.2, 0.25) is 0 Å². The molecule has 8 nitrogen and oxygen atoms in total. The Bertz CT molecular complexity index is 1160. The number of anilines is 2. The second-order valence-electron chi connectivity index (χ2n) is 6.90. The Kier molecular flexibility index (Phi) is 6.01. The molecule has 4 rings (SSSR count). The van der Waals surface area contributed by atoms with Gasteiger partial charge in [-0.2, -0.15) is 0 Å². The average Bonchev–Trinajstić information content (AvgIpc) is 3.12. The van der Waals surface area contributed by atoms with Crippen molar-refractivity contribution in [1.82, 2.24) is 14.8 Å². The molecule has 10 heteroatoms. The minimum absolute atomic E-state index is 0.306. The highest BCUT2D eigenvalue weighted by Gasteiger charge is 2.26. The number of benzene rings is 2. The minimum Gasteiger partial charge on any atom is -0.480 e. The zero-order chi connectivity index (χ0) is 22.0. The molecule has 1 aromatic heterocycles. The summed E-state index contributed by atoms with van der Waals surface area (Å²) >= 11 is 8.55. The normalized spacial score (nSPS) is 15.7. The first kappa shape index (κ1) is 21.0. The third-order valence-electron chi connectivity index (χ3n) is 4.92. The van der Waals surface area contributed by atoms with Crippen LogP contribution in [0.15, 0.2) is 71.0 Å². The number of hydrogen-bond donors (Lipinski definition) is 4. The highest BCUT2D eigenvalue weighted by atomic mass is 32.1. The Morgan fingerprint density at radius 3 is 2.45 bits per heavy atom. The predicted octanol–water partition coefficient (Wildman–Crippen LogP) is 3.32. The molecule has 1 atom stereocenters. The van der Waals surface area contributed by atoms with Crippen LogP contribution in [0.25, 0.3) is 5.69 Å². The molecule has 0 saturated heterocycles. The van der Waals surface area contributed by atoms with Crippen molar-refractivity contribution in [1.29, 1.82) is 0 Å². The second kappa shape index (κ2) is 8.86. The lowest BCUT2D eigenvalue weighted by molar-refractivity contribution is -0.138. The number of amides is 1. The maximum absolute atomic E-state index is 12.9. The van der Waals surface area contributed by atoms with E-state index in [2.05, 4.69) is 40.8 Å². The number of aliphatic carboxylic acids is 1. The number of nitrogens with one attached hydrogen (secondary N) is 1. The fourth-order valence-corrected chi connectivity index (χ4v) is 4.03. The van der Waals surface area contributed by atoms with Crippen molar-refractivity contribution in [2.75, 3.05) is 16.8 Å². The molecule has 0 bridgehead atoms. The number of carbonyl (C=O) groups excluding carboxylic acids is 1. The summed E-state index contributed by atoms with van der Waals surface area (Å²) in [5, 5.41) is 20.9. The van der Waals surface area contributed by atoms with Crippen molar-refractivity contribution < 1.29 is 14.7 Å². The molecule has 0 aliphatic carbocycles. The average molecular weight is 454 g/mol. The van der Waals surface area contributed by atoms with Crippen molar-refractivity contribution in [2.24, 2.45) is 0 Å². The summed E-state index contributed by atoms with van der Waals surface area (Å²) in [7, 11) is 0. The summed E-state index contributed by atoms with van der Waals surface area (Å²) in [4.78, 5) is 26.2. The molecule has 2 aromatic carbocycles. The van der Waals surface area contributed by atoms with Crippen molar-refractivity contribution in [3.63, 3.8) is 0 Å². The second-order valence-corrected chi connectivity index (χ2v) is 7.70. The topological polar surface area (TPSA) is 100 Å². The van der Waals surface area contributed by atoms with E-state index in [0.717, 1.165) is 0 Å².